The second kappa shape index (κ2) is 6.21. The van der Waals surface area contributed by atoms with Crippen molar-refractivity contribution in [2.75, 3.05) is 32.5 Å². The van der Waals surface area contributed by atoms with Crippen LogP contribution in [0.1, 0.15) is 0 Å². The normalized spacial score (nSPS) is 20.5. The van der Waals surface area contributed by atoms with Gasteiger partial charge >= 0.3 is 5.97 Å². The zero-order valence-electron chi connectivity index (χ0n) is 11.9. The number of rotatable bonds is 4. The van der Waals surface area contributed by atoms with Crippen molar-refractivity contribution < 1.29 is 18.3 Å². The fraction of sp³-hybridized carbons (Fsp3) is 0.417. The number of nitrogens with zero attached hydrogens (tertiary/aromatic N) is 2. The van der Waals surface area contributed by atoms with Crippen LogP contribution in [0.25, 0.3) is 0 Å². The van der Waals surface area contributed by atoms with Crippen molar-refractivity contribution in [3.63, 3.8) is 0 Å². The van der Waals surface area contributed by atoms with Gasteiger partial charge in [-0.05, 0) is 26.2 Å². The molecule has 0 bridgehead atoms. The second-order valence-electron chi connectivity index (χ2n) is 5.07. The first kappa shape index (κ1) is 17.3. The molecule has 0 fully saturated rings. The van der Waals surface area contributed by atoms with E-state index in [2.05, 4.69) is 5.32 Å². The summed E-state index contributed by atoms with van der Waals surface area (Å²) in [5.74, 6) is -1.30. The molecule has 122 valence electrons. The molecule has 0 aromatic heterocycles. The predicted molar refractivity (Wildman–Crippen MR) is 84.0 cm³/mol. The molecule has 1 aromatic rings. The molecule has 1 heterocycles. The molecule has 1 unspecified atom stereocenters. The Morgan fingerprint density at radius 3 is 2.59 bits per heavy atom. The Bertz CT molecular complexity index is 709. The number of hydrogen-bond acceptors (Lipinski definition) is 5. The summed E-state index contributed by atoms with van der Waals surface area (Å²) in [5, 5.41) is 12.2. The fourth-order valence-corrected chi connectivity index (χ4v) is 4.60. The van der Waals surface area contributed by atoms with E-state index in [1.54, 1.807) is 19.0 Å². The number of likely N-dealkylation sites (N-methyl/N-ethyl adjacent to an activating group) is 1. The number of aliphatic carboxylic acids is 1. The summed E-state index contributed by atoms with van der Waals surface area (Å²) >= 11 is 11.9. The van der Waals surface area contributed by atoms with Crippen molar-refractivity contribution in [3.05, 3.63) is 22.2 Å². The maximum atomic E-state index is 12.7. The quantitative estimate of drug-likeness (QED) is 0.835. The standard InChI is InChI=1S/C12H15Cl2N3O4S/c1-16(2)3-4-17-11(12(18)19)15-9-6-7(13)5-8(14)10(9)22(17,20)21/h5-6,11,15H,3-4H2,1-2H3,(H,18,19). The summed E-state index contributed by atoms with van der Waals surface area (Å²) in [6.45, 7) is 0.378. The van der Waals surface area contributed by atoms with Gasteiger partial charge < -0.3 is 15.3 Å². The van der Waals surface area contributed by atoms with Crippen molar-refractivity contribution in [1.82, 2.24) is 9.21 Å². The smallest absolute Gasteiger partial charge is 0.342 e. The molecule has 0 saturated heterocycles. The van der Waals surface area contributed by atoms with Crippen LogP contribution in [0.5, 0.6) is 0 Å². The molecule has 0 spiro atoms. The minimum absolute atomic E-state index is 0.0116. The number of nitrogens with one attached hydrogen (secondary N) is 1. The molecule has 0 amide bonds. The van der Waals surface area contributed by atoms with Crippen molar-refractivity contribution >= 4 is 44.9 Å². The van der Waals surface area contributed by atoms with Gasteiger partial charge in [0.15, 0.2) is 6.17 Å². The summed E-state index contributed by atoms with van der Waals surface area (Å²) in [6.07, 6.45) is -1.41. The van der Waals surface area contributed by atoms with Gasteiger partial charge in [-0.2, -0.15) is 4.31 Å². The molecule has 7 nitrogen and oxygen atoms in total. The number of carboxylic acids is 1. The molecule has 1 aromatic carbocycles. The first-order valence-corrected chi connectivity index (χ1v) is 8.49. The maximum absolute atomic E-state index is 12.7. The van der Waals surface area contributed by atoms with E-state index in [1.807, 2.05) is 0 Å². The van der Waals surface area contributed by atoms with Crippen molar-refractivity contribution in [3.8, 4) is 0 Å². The fourth-order valence-electron chi connectivity index (χ4n) is 2.14. The number of hydrogen-bond donors (Lipinski definition) is 2. The zero-order chi connectivity index (χ0) is 16.7. The summed E-state index contributed by atoms with van der Waals surface area (Å²) in [7, 11) is -0.519. The van der Waals surface area contributed by atoms with Gasteiger partial charge in [-0.15, -0.1) is 0 Å². The highest BCUT2D eigenvalue weighted by atomic mass is 35.5. The molecule has 1 aliphatic heterocycles. The van der Waals surface area contributed by atoms with E-state index < -0.39 is 22.2 Å². The van der Waals surface area contributed by atoms with Gasteiger partial charge in [-0.25, -0.2) is 13.2 Å². The van der Waals surface area contributed by atoms with E-state index in [1.165, 1.54) is 12.1 Å². The third-order valence-electron chi connectivity index (χ3n) is 3.16. The Kier molecular flexibility index (Phi) is 4.88. The number of fused-ring (bicyclic) bond motifs is 1. The number of carboxylic acid groups (broad SMARTS) is 1. The molecule has 22 heavy (non-hydrogen) atoms. The molecular formula is C12H15Cl2N3O4S. The van der Waals surface area contributed by atoms with Crippen LogP contribution in [-0.4, -0.2) is 62.0 Å². The van der Waals surface area contributed by atoms with E-state index in [0.29, 0.717) is 6.54 Å². The highest BCUT2D eigenvalue weighted by molar-refractivity contribution is 7.89. The molecule has 2 rings (SSSR count). The number of sulfonamides is 1. The zero-order valence-corrected chi connectivity index (χ0v) is 14.2. The van der Waals surface area contributed by atoms with Crippen molar-refractivity contribution in [2.45, 2.75) is 11.1 Å². The first-order chi connectivity index (χ1) is 10.1. The summed E-state index contributed by atoms with van der Waals surface area (Å²) < 4.78 is 26.4. The van der Waals surface area contributed by atoms with Gasteiger partial charge in [0, 0.05) is 18.1 Å². The molecule has 0 aliphatic carbocycles. The number of benzene rings is 1. The third-order valence-corrected chi connectivity index (χ3v) is 5.75. The van der Waals surface area contributed by atoms with E-state index in [0.717, 1.165) is 4.31 Å². The van der Waals surface area contributed by atoms with Gasteiger partial charge in [-0.1, -0.05) is 23.2 Å². The van der Waals surface area contributed by atoms with Crippen LogP contribution in [0.2, 0.25) is 10.0 Å². The lowest BCUT2D eigenvalue weighted by Gasteiger charge is -2.35. The lowest BCUT2D eigenvalue weighted by atomic mass is 10.3. The monoisotopic (exact) mass is 367 g/mol. The van der Waals surface area contributed by atoms with E-state index in [4.69, 9.17) is 23.2 Å². The van der Waals surface area contributed by atoms with Crippen LogP contribution in [0, 0.1) is 0 Å². The Morgan fingerprint density at radius 2 is 2.05 bits per heavy atom. The Hall–Kier alpha value is -1.06. The van der Waals surface area contributed by atoms with Gasteiger partial charge in [0.05, 0.1) is 10.7 Å². The van der Waals surface area contributed by atoms with Crippen LogP contribution in [0.15, 0.2) is 17.0 Å². The molecule has 2 N–H and O–H groups in total. The second-order valence-corrected chi connectivity index (χ2v) is 7.74. The van der Waals surface area contributed by atoms with Crippen LogP contribution in [0.3, 0.4) is 0 Å². The van der Waals surface area contributed by atoms with Gasteiger partial charge in [0.1, 0.15) is 4.90 Å². The van der Waals surface area contributed by atoms with Crippen LogP contribution >= 0.6 is 23.2 Å². The number of anilines is 1. The van der Waals surface area contributed by atoms with E-state index >= 15 is 0 Å². The first-order valence-electron chi connectivity index (χ1n) is 6.29. The molecule has 0 saturated carbocycles. The minimum atomic E-state index is -4.05. The highest BCUT2D eigenvalue weighted by Crippen LogP contribution is 2.39. The summed E-state index contributed by atoms with van der Waals surface area (Å²) in [6, 6.07) is 2.66. The van der Waals surface area contributed by atoms with Crippen LogP contribution < -0.4 is 5.32 Å². The molecule has 10 heteroatoms. The maximum Gasteiger partial charge on any atom is 0.342 e. The van der Waals surface area contributed by atoms with Gasteiger partial charge in [0.2, 0.25) is 10.0 Å². The minimum Gasteiger partial charge on any atom is -0.479 e. The largest absolute Gasteiger partial charge is 0.479 e. The average Bonchev–Trinajstić information content (AvgIpc) is 2.34. The van der Waals surface area contributed by atoms with Gasteiger partial charge in [-0.3, -0.25) is 0 Å². The Labute approximate surface area is 138 Å². The summed E-state index contributed by atoms with van der Waals surface area (Å²) in [5.41, 5.74) is 0.0889. The lowest BCUT2D eigenvalue weighted by Crippen LogP contribution is -2.54. The van der Waals surface area contributed by atoms with Crippen molar-refractivity contribution in [2.24, 2.45) is 0 Å². The molecular weight excluding hydrogens is 353 g/mol. The third kappa shape index (κ3) is 3.16. The molecule has 1 atom stereocenters. The van der Waals surface area contributed by atoms with Gasteiger partial charge in [0.25, 0.3) is 0 Å². The average molecular weight is 368 g/mol. The number of halogens is 2. The molecule has 1 aliphatic rings. The Morgan fingerprint density at radius 1 is 1.41 bits per heavy atom. The lowest BCUT2D eigenvalue weighted by molar-refractivity contribution is -0.140. The van der Waals surface area contributed by atoms with Crippen LogP contribution in [0.4, 0.5) is 5.69 Å². The van der Waals surface area contributed by atoms with Crippen molar-refractivity contribution in [1.29, 1.82) is 0 Å². The van der Waals surface area contributed by atoms with Crippen LogP contribution in [-0.2, 0) is 14.8 Å². The number of carbonyl (C=O) groups is 1. The highest BCUT2D eigenvalue weighted by Gasteiger charge is 2.43. The van der Waals surface area contributed by atoms with E-state index in [9.17, 15) is 18.3 Å². The Balaban J connectivity index is 2.56. The SMILES string of the molecule is CN(C)CCN1C(C(=O)O)Nc2cc(Cl)cc(Cl)c2S1(=O)=O. The molecule has 0 radical (unpaired) electrons. The topological polar surface area (TPSA) is 89.9 Å². The predicted octanol–water partition coefficient (Wildman–Crippen LogP) is 1.38. The summed E-state index contributed by atoms with van der Waals surface area (Å²) in [4.78, 5) is 13.0. The van der Waals surface area contributed by atoms with E-state index in [-0.39, 0.29) is 27.2 Å².